The highest BCUT2D eigenvalue weighted by Crippen LogP contribution is 2.26. The third kappa shape index (κ3) is 12.6. The summed E-state index contributed by atoms with van der Waals surface area (Å²) >= 11 is 0. The molecule has 264 valence electrons. The Morgan fingerprint density at radius 1 is 0.620 bits per heavy atom. The zero-order valence-corrected chi connectivity index (χ0v) is 28.1. The normalized spacial score (nSPS) is 11.2. The fourth-order valence-electron chi connectivity index (χ4n) is 4.16. The molecule has 0 aliphatic carbocycles. The molecule has 2 aromatic carbocycles. The van der Waals surface area contributed by atoms with Crippen molar-refractivity contribution < 1.29 is 48.3 Å². The molecule has 2 aromatic rings. The summed E-state index contributed by atoms with van der Waals surface area (Å²) in [5.74, 6) is -3.00. The molecular weight excluding hydrogens is 652 g/mol. The lowest BCUT2D eigenvalue weighted by Gasteiger charge is -2.23. The standard InChI is InChI=1S/C34H38N6O10/c1-5-47-31(43)19-39(20-32(44)48-6-2)25-11-9-23(29(41)13-25)17-37-27(15-35)28(16-36)38-18-24-10-12-26(14-30(24)42)40(21-33(45)49-7-3)22-34(46)50-8-4/h9-14,17-18,41-42H,5-8,19-22H2,1-4H3/b28-27-,37-17?,38-18?. The first-order chi connectivity index (χ1) is 24.0. The molecule has 16 heteroatoms. The number of nitrogens with zero attached hydrogens (tertiary/aromatic N) is 6. The van der Waals surface area contributed by atoms with Crippen molar-refractivity contribution in [2.24, 2.45) is 9.98 Å². The van der Waals surface area contributed by atoms with E-state index in [9.17, 15) is 39.9 Å². The van der Waals surface area contributed by atoms with Gasteiger partial charge in [-0.1, -0.05) is 0 Å². The lowest BCUT2D eigenvalue weighted by atomic mass is 10.1. The molecule has 2 rings (SSSR count). The Labute approximate surface area is 289 Å². The lowest BCUT2D eigenvalue weighted by molar-refractivity contribution is -0.144. The molecule has 0 radical (unpaired) electrons. The number of carbonyl (C=O) groups excluding carboxylic acids is 4. The van der Waals surface area contributed by atoms with Crippen LogP contribution < -0.4 is 9.80 Å². The predicted molar refractivity (Wildman–Crippen MR) is 181 cm³/mol. The maximum absolute atomic E-state index is 12.1. The molecule has 0 saturated heterocycles. The van der Waals surface area contributed by atoms with E-state index in [0.29, 0.717) is 11.4 Å². The molecule has 0 aromatic heterocycles. The van der Waals surface area contributed by atoms with E-state index >= 15 is 0 Å². The first-order valence-corrected chi connectivity index (χ1v) is 15.4. The van der Waals surface area contributed by atoms with Crippen molar-refractivity contribution in [3.8, 4) is 23.6 Å². The van der Waals surface area contributed by atoms with Crippen LogP contribution in [0.1, 0.15) is 38.8 Å². The number of anilines is 2. The summed E-state index contributed by atoms with van der Waals surface area (Å²) < 4.78 is 19.9. The zero-order valence-electron chi connectivity index (χ0n) is 28.1. The van der Waals surface area contributed by atoms with E-state index in [1.807, 2.05) is 0 Å². The Morgan fingerprint density at radius 2 is 0.920 bits per heavy atom. The van der Waals surface area contributed by atoms with Crippen LogP contribution in [0.25, 0.3) is 0 Å². The van der Waals surface area contributed by atoms with Crippen LogP contribution in [0.4, 0.5) is 11.4 Å². The average molecular weight is 691 g/mol. The van der Waals surface area contributed by atoms with Gasteiger partial charge in [-0.2, -0.15) is 10.5 Å². The Hall–Kier alpha value is -6.42. The van der Waals surface area contributed by atoms with Crippen LogP contribution in [-0.2, 0) is 38.1 Å². The number of hydrogen-bond acceptors (Lipinski definition) is 16. The van der Waals surface area contributed by atoms with Crippen molar-refractivity contribution in [3.05, 3.63) is 58.9 Å². The molecule has 2 N–H and O–H groups in total. The van der Waals surface area contributed by atoms with E-state index in [1.165, 1.54) is 46.2 Å². The summed E-state index contributed by atoms with van der Waals surface area (Å²) in [6.45, 7) is 5.96. The first kappa shape index (κ1) is 39.8. The topological polar surface area (TPSA) is 224 Å². The highest BCUT2D eigenvalue weighted by Gasteiger charge is 2.20. The molecular formula is C34H38N6O10. The zero-order chi connectivity index (χ0) is 37.1. The minimum Gasteiger partial charge on any atom is -0.507 e. The van der Waals surface area contributed by atoms with Gasteiger partial charge in [0.25, 0.3) is 0 Å². The molecule has 0 amide bonds. The highest BCUT2D eigenvalue weighted by atomic mass is 16.5. The van der Waals surface area contributed by atoms with E-state index in [-0.39, 0.29) is 75.2 Å². The number of aliphatic imine (C=N–C) groups is 2. The van der Waals surface area contributed by atoms with E-state index < -0.39 is 35.3 Å². The second kappa shape index (κ2) is 20.7. The Bertz CT molecular complexity index is 1540. The minimum absolute atomic E-state index is 0.137. The van der Waals surface area contributed by atoms with Crippen molar-refractivity contribution in [1.29, 1.82) is 10.5 Å². The number of hydrogen-bond donors (Lipinski definition) is 2. The molecule has 0 unspecified atom stereocenters. The van der Waals surface area contributed by atoms with Crippen LogP contribution >= 0.6 is 0 Å². The van der Waals surface area contributed by atoms with Gasteiger partial charge >= 0.3 is 23.9 Å². The van der Waals surface area contributed by atoms with Crippen LogP contribution in [0.15, 0.2) is 57.8 Å². The van der Waals surface area contributed by atoms with Crippen molar-refractivity contribution in [2.45, 2.75) is 27.7 Å². The Balaban J connectivity index is 2.34. The largest absolute Gasteiger partial charge is 0.507 e. The number of allylic oxidation sites excluding steroid dienone is 2. The fourth-order valence-corrected chi connectivity index (χ4v) is 4.16. The number of esters is 4. The molecule has 0 fully saturated rings. The Morgan fingerprint density at radius 3 is 1.16 bits per heavy atom. The van der Waals surface area contributed by atoms with Gasteiger partial charge in [-0.15, -0.1) is 0 Å². The molecule has 0 aliphatic rings. The van der Waals surface area contributed by atoms with Gasteiger partial charge in [-0.3, -0.25) is 19.2 Å². The molecule has 0 atom stereocenters. The van der Waals surface area contributed by atoms with E-state index in [1.54, 1.807) is 39.8 Å². The van der Waals surface area contributed by atoms with Gasteiger partial charge in [-0.05, 0) is 52.0 Å². The average Bonchev–Trinajstić information content (AvgIpc) is 3.07. The second-order valence-electron chi connectivity index (χ2n) is 9.86. The first-order valence-electron chi connectivity index (χ1n) is 15.4. The third-order valence-electron chi connectivity index (χ3n) is 6.36. The smallest absolute Gasteiger partial charge is 0.325 e. The molecule has 0 aliphatic heterocycles. The van der Waals surface area contributed by atoms with E-state index in [0.717, 1.165) is 12.4 Å². The third-order valence-corrected chi connectivity index (χ3v) is 6.36. The monoisotopic (exact) mass is 690 g/mol. The highest BCUT2D eigenvalue weighted by molar-refractivity contribution is 5.89. The maximum Gasteiger partial charge on any atom is 0.325 e. The van der Waals surface area contributed by atoms with Gasteiger partial charge in [0.05, 0.1) is 26.4 Å². The quantitative estimate of drug-likeness (QED) is 0.0993. The molecule has 0 bridgehead atoms. The number of benzene rings is 2. The van der Waals surface area contributed by atoms with Gasteiger partial charge in [0, 0.05) is 47.1 Å². The maximum atomic E-state index is 12.1. The number of aromatic hydroxyl groups is 2. The summed E-state index contributed by atoms with van der Waals surface area (Å²) in [5, 5.41) is 40.7. The number of carbonyl (C=O) groups is 4. The summed E-state index contributed by atoms with van der Waals surface area (Å²) in [6, 6.07) is 12.0. The number of nitriles is 2. The molecule has 0 saturated carbocycles. The predicted octanol–water partition coefficient (Wildman–Crippen LogP) is 2.76. The van der Waals surface area contributed by atoms with Crippen molar-refractivity contribution >= 4 is 47.7 Å². The molecule has 0 spiro atoms. The van der Waals surface area contributed by atoms with E-state index in [4.69, 9.17) is 18.9 Å². The molecule has 50 heavy (non-hydrogen) atoms. The van der Waals surface area contributed by atoms with Crippen molar-refractivity contribution in [3.63, 3.8) is 0 Å². The van der Waals surface area contributed by atoms with Crippen LogP contribution in [0.3, 0.4) is 0 Å². The van der Waals surface area contributed by atoms with Crippen molar-refractivity contribution in [1.82, 2.24) is 0 Å². The Kier molecular flexibility index (Phi) is 16.5. The number of ether oxygens (including phenoxy) is 4. The number of rotatable bonds is 18. The SMILES string of the molecule is CCOC(=O)CN(CC(=O)OCC)c1ccc(C=N/C(C#N)=C(/C#N)N=Cc2ccc(N(CC(=O)OCC)CC(=O)OCC)cc2O)c(O)c1. The van der Waals surface area contributed by atoms with Crippen LogP contribution in [0, 0.1) is 22.7 Å². The summed E-state index contributed by atoms with van der Waals surface area (Å²) in [4.78, 5) is 59.2. The van der Waals surface area contributed by atoms with Gasteiger partial charge in [-0.25, -0.2) is 9.98 Å². The molecule has 0 heterocycles. The van der Waals surface area contributed by atoms with Crippen LogP contribution in [0.2, 0.25) is 0 Å². The van der Waals surface area contributed by atoms with Crippen LogP contribution in [-0.4, -0.2) is 99.1 Å². The lowest BCUT2D eigenvalue weighted by Crippen LogP contribution is -2.36. The summed E-state index contributed by atoms with van der Waals surface area (Å²) in [5.41, 5.74) is 0.0517. The second-order valence-corrected chi connectivity index (χ2v) is 9.86. The number of phenols is 2. The summed E-state index contributed by atoms with van der Waals surface area (Å²) in [7, 11) is 0. The minimum atomic E-state index is -0.593. The van der Waals surface area contributed by atoms with Crippen molar-refractivity contribution in [2.75, 3.05) is 62.4 Å². The number of phenolic OH excluding ortho intramolecular Hbond substituents is 2. The van der Waals surface area contributed by atoms with Gasteiger partial charge in [0.15, 0.2) is 11.4 Å². The van der Waals surface area contributed by atoms with E-state index in [2.05, 4.69) is 9.98 Å². The van der Waals surface area contributed by atoms with Gasteiger partial charge < -0.3 is 39.0 Å². The fraction of sp³-hybridized carbons (Fsp3) is 0.353. The summed E-state index contributed by atoms with van der Waals surface area (Å²) in [6.07, 6.45) is 2.25. The molecule has 16 nitrogen and oxygen atoms in total. The van der Waals surface area contributed by atoms with Crippen LogP contribution in [0.5, 0.6) is 11.5 Å². The van der Waals surface area contributed by atoms with Gasteiger partial charge in [0.1, 0.15) is 49.8 Å². The van der Waals surface area contributed by atoms with Gasteiger partial charge in [0.2, 0.25) is 0 Å².